The molecule has 0 aliphatic heterocycles. The summed E-state index contributed by atoms with van der Waals surface area (Å²) in [6, 6.07) is 8.27. The third kappa shape index (κ3) is 5.43. The Morgan fingerprint density at radius 2 is 1.81 bits per heavy atom. The van der Waals surface area contributed by atoms with Gasteiger partial charge in [-0.3, -0.25) is 0 Å². The number of nitrogens with one attached hydrogen (secondary N) is 1. The molecule has 3 aromatic heterocycles. The molecule has 0 fully saturated rings. The Hall–Kier alpha value is -3.28. The summed E-state index contributed by atoms with van der Waals surface area (Å²) in [4.78, 5) is 4.97. The molecule has 36 heavy (non-hydrogen) atoms. The molecule has 0 aliphatic carbocycles. The van der Waals surface area contributed by atoms with E-state index in [0.29, 0.717) is 33.0 Å². The molecule has 0 saturated heterocycles. The van der Waals surface area contributed by atoms with Crippen LogP contribution in [0.15, 0.2) is 52.9 Å². The van der Waals surface area contributed by atoms with E-state index in [-0.39, 0.29) is 4.21 Å². The van der Waals surface area contributed by atoms with Gasteiger partial charge in [-0.15, -0.1) is 11.3 Å². The van der Waals surface area contributed by atoms with E-state index in [1.165, 1.54) is 30.5 Å². The summed E-state index contributed by atoms with van der Waals surface area (Å²) in [6.45, 7) is 0.675. The van der Waals surface area contributed by atoms with Gasteiger partial charge in [-0.05, 0) is 37.3 Å². The maximum absolute atomic E-state index is 12.9. The molecule has 0 saturated carbocycles. The molecular weight excluding hydrogens is 517 g/mol. The van der Waals surface area contributed by atoms with Crippen LogP contribution in [0.25, 0.3) is 16.9 Å². The number of halogens is 3. The lowest BCUT2D eigenvalue weighted by molar-refractivity contribution is -0.137. The first-order chi connectivity index (χ1) is 17.0. The second kappa shape index (κ2) is 10.00. The van der Waals surface area contributed by atoms with E-state index in [4.69, 9.17) is 10.2 Å². The zero-order valence-corrected chi connectivity index (χ0v) is 20.2. The first-order valence-corrected chi connectivity index (χ1v) is 12.7. The van der Waals surface area contributed by atoms with E-state index in [2.05, 4.69) is 26.6 Å². The van der Waals surface area contributed by atoms with Crippen molar-refractivity contribution in [3.63, 3.8) is 0 Å². The highest BCUT2D eigenvalue weighted by molar-refractivity contribution is 7.91. The van der Waals surface area contributed by atoms with Crippen LogP contribution in [0.3, 0.4) is 0 Å². The van der Waals surface area contributed by atoms with Crippen molar-refractivity contribution >= 4 is 27.0 Å². The zero-order valence-electron chi connectivity index (χ0n) is 18.6. The van der Waals surface area contributed by atoms with Gasteiger partial charge in [0.25, 0.3) is 10.0 Å². The van der Waals surface area contributed by atoms with Crippen molar-refractivity contribution in [2.45, 2.75) is 23.4 Å². The highest BCUT2D eigenvalue weighted by Gasteiger charge is 2.30. The van der Waals surface area contributed by atoms with Gasteiger partial charge in [0.05, 0.1) is 47.2 Å². The molecule has 13 heteroatoms. The van der Waals surface area contributed by atoms with Crippen LogP contribution in [0.1, 0.15) is 21.7 Å². The average Bonchev–Trinajstić information content (AvgIpc) is 3.48. The Labute approximate surface area is 208 Å². The van der Waals surface area contributed by atoms with Gasteiger partial charge in [-0.25, -0.2) is 22.6 Å². The van der Waals surface area contributed by atoms with Crippen molar-refractivity contribution in [3.05, 3.63) is 70.4 Å². The first kappa shape index (κ1) is 25.8. The molecule has 0 atom stereocenters. The van der Waals surface area contributed by atoms with Gasteiger partial charge in [-0.1, -0.05) is 24.0 Å². The van der Waals surface area contributed by atoms with Crippen molar-refractivity contribution in [2.24, 2.45) is 0 Å². The lowest BCUT2D eigenvalue weighted by atomic mass is 10.1. The number of sulfonamides is 1. The number of hydrogen-bond acceptors (Lipinski definition) is 7. The number of hydrogen-bond donors (Lipinski definition) is 3. The van der Waals surface area contributed by atoms with Crippen LogP contribution in [-0.2, 0) is 16.2 Å². The van der Waals surface area contributed by atoms with E-state index in [9.17, 15) is 21.6 Å². The predicted molar refractivity (Wildman–Crippen MR) is 127 cm³/mol. The molecule has 0 spiro atoms. The monoisotopic (exact) mass is 536 g/mol. The summed E-state index contributed by atoms with van der Waals surface area (Å²) in [5.74, 6) is 5.79. The fourth-order valence-corrected chi connectivity index (χ4v) is 5.64. The molecule has 4 rings (SSSR count). The molecule has 188 valence electrons. The van der Waals surface area contributed by atoms with E-state index in [0.717, 1.165) is 23.5 Å². The average molecular weight is 537 g/mol. The SMILES string of the molecule is Cc1cc(-c2ccc(C(F)(F)F)cc2)nc2c(C#Cc3ccc(S(=O)(=O)NC(CO)CO)s3)cnn12. The number of aliphatic hydroxyl groups excluding tert-OH is 2. The number of alkyl halides is 3. The van der Waals surface area contributed by atoms with Crippen molar-refractivity contribution in [1.82, 2.24) is 19.3 Å². The highest BCUT2D eigenvalue weighted by atomic mass is 32.2. The van der Waals surface area contributed by atoms with Crippen LogP contribution in [0.4, 0.5) is 13.2 Å². The van der Waals surface area contributed by atoms with Gasteiger partial charge >= 0.3 is 6.18 Å². The lowest BCUT2D eigenvalue weighted by Crippen LogP contribution is -2.39. The van der Waals surface area contributed by atoms with Crippen LogP contribution >= 0.6 is 11.3 Å². The van der Waals surface area contributed by atoms with E-state index in [1.807, 2.05) is 0 Å². The standard InChI is InChI=1S/C23H19F3N4O4S2/c1-14-10-20(15-2-5-17(6-3-15)23(24,25)26)28-22-16(11-27-30(14)22)4-7-19-8-9-21(35-19)36(33,34)29-18(12-31)13-32/h2-3,5-6,8-11,18,29,31-32H,12-13H2,1H3. The molecule has 0 bridgehead atoms. The summed E-state index contributed by atoms with van der Waals surface area (Å²) >= 11 is 0.910. The normalized spacial score (nSPS) is 12.2. The van der Waals surface area contributed by atoms with Gasteiger partial charge in [0.15, 0.2) is 5.65 Å². The summed E-state index contributed by atoms with van der Waals surface area (Å²) in [7, 11) is -3.94. The molecule has 1 aromatic carbocycles. The predicted octanol–water partition coefficient (Wildman–Crippen LogP) is 2.82. The number of nitrogens with zero attached hydrogens (tertiary/aromatic N) is 3. The van der Waals surface area contributed by atoms with Gasteiger partial charge in [0.1, 0.15) is 4.21 Å². The maximum atomic E-state index is 12.9. The summed E-state index contributed by atoms with van der Waals surface area (Å²) in [5.41, 5.74) is 1.74. The Balaban J connectivity index is 1.64. The maximum Gasteiger partial charge on any atom is 0.416 e. The molecule has 0 unspecified atom stereocenters. The van der Waals surface area contributed by atoms with Crippen LogP contribution in [0, 0.1) is 18.8 Å². The first-order valence-electron chi connectivity index (χ1n) is 10.4. The summed E-state index contributed by atoms with van der Waals surface area (Å²) in [5, 5.41) is 22.5. The largest absolute Gasteiger partial charge is 0.416 e. The number of rotatable bonds is 6. The van der Waals surface area contributed by atoms with Gasteiger partial charge in [-0.2, -0.15) is 18.3 Å². The van der Waals surface area contributed by atoms with E-state index < -0.39 is 41.0 Å². The molecule has 0 amide bonds. The van der Waals surface area contributed by atoms with Gasteiger partial charge in [0, 0.05) is 11.3 Å². The topological polar surface area (TPSA) is 117 Å². The molecule has 3 N–H and O–H groups in total. The third-order valence-corrected chi connectivity index (χ3v) is 8.10. The fourth-order valence-electron chi connectivity index (χ4n) is 3.25. The minimum atomic E-state index is -4.43. The Bertz CT molecular complexity index is 1560. The summed E-state index contributed by atoms with van der Waals surface area (Å²) < 4.78 is 67.2. The zero-order chi connectivity index (χ0) is 26.1. The van der Waals surface area contributed by atoms with E-state index >= 15 is 0 Å². The number of aliphatic hydroxyl groups is 2. The number of thiophene rings is 1. The molecule has 0 aliphatic rings. The van der Waals surface area contributed by atoms with Crippen molar-refractivity contribution in [1.29, 1.82) is 0 Å². The molecule has 3 heterocycles. The minimum absolute atomic E-state index is 0.0304. The molecule has 4 aromatic rings. The molecule has 0 radical (unpaired) electrons. The van der Waals surface area contributed by atoms with Gasteiger partial charge < -0.3 is 10.2 Å². The number of benzene rings is 1. The van der Waals surface area contributed by atoms with Crippen LogP contribution in [0.5, 0.6) is 0 Å². The number of aromatic nitrogens is 3. The van der Waals surface area contributed by atoms with Crippen molar-refractivity contribution in [3.8, 4) is 23.1 Å². The van der Waals surface area contributed by atoms with E-state index in [1.54, 1.807) is 17.5 Å². The smallest absolute Gasteiger partial charge is 0.395 e. The van der Waals surface area contributed by atoms with Crippen molar-refractivity contribution < 1.29 is 31.8 Å². The Morgan fingerprint density at radius 3 is 2.44 bits per heavy atom. The Kier molecular flexibility index (Phi) is 7.17. The molecule has 8 nitrogen and oxygen atoms in total. The lowest BCUT2D eigenvalue weighted by Gasteiger charge is -2.12. The molecular formula is C23H19F3N4O4S2. The number of aryl methyl sites for hydroxylation is 1. The quantitative estimate of drug-likeness (QED) is 0.327. The third-order valence-electron chi connectivity index (χ3n) is 5.09. The van der Waals surface area contributed by atoms with Gasteiger partial charge in [0.2, 0.25) is 0 Å². The minimum Gasteiger partial charge on any atom is -0.395 e. The van der Waals surface area contributed by atoms with Crippen molar-refractivity contribution in [2.75, 3.05) is 13.2 Å². The highest BCUT2D eigenvalue weighted by Crippen LogP contribution is 2.31. The summed E-state index contributed by atoms with van der Waals surface area (Å²) in [6.07, 6.45) is -2.94. The number of fused-ring (bicyclic) bond motifs is 1. The second-order valence-electron chi connectivity index (χ2n) is 7.70. The van der Waals surface area contributed by atoms with Crippen LogP contribution in [0.2, 0.25) is 0 Å². The second-order valence-corrected chi connectivity index (χ2v) is 10.7. The fraction of sp³-hybridized carbons (Fsp3) is 0.217. The van der Waals surface area contributed by atoms with Crippen LogP contribution < -0.4 is 4.72 Å². The Morgan fingerprint density at radius 1 is 1.11 bits per heavy atom. The van der Waals surface area contributed by atoms with Crippen LogP contribution in [-0.4, -0.2) is 52.5 Å².